The summed E-state index contributed by atoms with van der Waals surface area (Å²) in [7, 11) is 3.21. The van der Waals surface area contributed by atoms with Crippen LogP contribution in [0.1, 0.15) is 29.6 Å². The molecule has 0 saturated heterocycles. The number of ether oxygens (including phenoxy) is 2. The predicted octanol–water partition coefficient (Wildman–Crippen LogP) is 3.68. The lowest BCUT2D eigenvalue weighted by molar-refractivity contribution is 0.0944. The number of carbonyl (C=O) groups excluding carboxylic acids is 1. The monoisotopic (exact) mass is 457 g/mol. The van der Waals surface area contributed by atoms with Crippen molar-refractivity contribution in [3.8, 4) is 28.3 Å². The molecule has 34 heavy (non-hydrogen) atoms. The maximum absolute atomic E-state index is 13.3. The number of methoxy groups -OCH3 is 2. The molecule has 3 atom stereocenters. The number of amides is 1. The fourth-order valence-electron chi connectivity index (χ4n) is 6.11. The molecule has 2 bridgehead atoms. The van der Waals surface area contributed by atoms with Gasteiger partial charge in [-0.05, 0) is 82.7 Å². The SMILES string of the molecule is COc1cccc(-c2cc(C(=O)NC[C@@H]3C[C@@H]4C=C[C@@H]3C43CC3)cc(-n3cnnn3)c2)c1OC. The number of aromatic nitrogens is 4. The molecule has 2 saturated carbocycles. The highest BCUT2D eigenvalue weighted by molar-refractivity contribution is 5.96. The molecule has 2 fully saturated rings. The molecule has 0 aliphatic heterocycles. The second-order valence-corrected chi connectivity index (χ2v) is 9.52. The Morgan fingerprint density at radius 1 is 1.18 bits per heavy atom. The van der Waals surface area contributed by atoms with E-state index in [1.54, 1.807) is 18.9 Å². The van der Waals surface area contributed by atoms with Crippen LogP contribution in [0.3, 0.4) is 0 Å². The molecule has 8 heteroatoms. The highest BCUT2D eigenvalue weighted by Gasteiger charge is 2.62. The largest absolute Gasteiger partial charge is 0.493 e. The van der Waals surface area contributed by atoms with Crippen LogP contribution in [0.4, 0.5) is 0 Å². The zero-order chi connectivity index (χ0) is 23.3. The second-order valence-electron chi connectivity index (χ2n) is 9.52. The van der Waals surface area contributed by atoms with Gasteiger partial charge in [-0.3, -0.25) is 4.79 Å². The standard InChI is InChI=1S/C26H27N5O3/c1-33-23-5-3-4-21(24(23)34-2)16-10-17(13-20(12-16)31-15-28-29-30-31)25(32)27-14-18-11-19-6-7-22(18)26(19)8-9-26/h3-7,10,12-13,15,18-19,22H,8-9,11,14H2,1-2H3,(H,27,32)/t18-,19-,22-/m0/s1. The zero-order valence-corrected chi connectivity index (χ0v) is 19.3. The summed E-state index contributed by atoms with van der Waals surface area (Å²) >= 11 is 0. The van der Waals surface area contributed by atoms with E-state index in [4.69, 9.17) is 9.47 Å². The van der Waals surface area contributed by atoms with E-state index in [0.29, 0.717) is 52.5 Å². The van der Waals surface area contributed by atoms with Crippen LogP contribution in [0.25, 0.3) is 16.8 Å². The van der Waals surface area contributed by atoms with Gasteiger partial charge in [0.2, 0.25) is 0 Å². The van der Waals surface area contributed by atoms with Crippen LogP contribution in [-0.2, 0) is 0 Å². The van der Waals surface area contributed by atoms with Crippen LogP contribution in [-0.4, -0.2) is 46.9 Å². The summed E-state index contributed by atoms with van der Waals surface area (Å²) < 4.78 is 12.7. The van der Waals surface area contributed by atoms with Crippen LogP contribution in [0.2, 0.25) is 0 Å². The molecular formula is C26H27N5O3. The van der Waals surface area contributed by atoms with Crippen molar-refractivity contribution in [1.82, 2.24) is 25.5 Å². The molecule has 174 valence electrons. The predicted molar refractivity (Wildman–Crippen MR) is 126 cm³/mol. The second kappa shape index (κ2) is 7.97. The lowest BCUT2D eigenvalue weighted by Gasteiger charge is -2.20. The van der Waals surface area contributed by atoms with Gasteiger partial charge >= 0.3 is 0 Å². The molecule has 3 aliphatic carbocycles. The number of hydrogen-bond acceptors (Lipinski definition) is 6. The summed E-state index contributed by atoms with van der Waals surface area (Å²) in [6.45, 7) is 0.693. The van der Waals surface area contributed by atoms with E-state index in [-0.39, 0.29) is 5.91 Å². The first-order valence-electron chi connectivity index (χ1n) is 11.7. The Labute approximate surface area is 198 Å². The first-order chi connectivity index (χ1) is 16.6. The first-order valence-corrected chi connectivity index (χ1v) is 11.7. The number of para-hydroxylation sites is 1. The number of tetrazole rings is 1. The molecule has 3 aromatic rings. The van der Waals surface area contributed by atoms with E-state index in [1.807, 2.05) is 36.4 Å². The minimum atomic E-state index is -0.102. The molecular weight excluding hydrogens is 430 g/mol. The number of benzene rings is 2. The van der Waals surface area contributed by atoms with Crippen molar-refractivity contribution in [3.05, 3.63) is 60.4 Å². The Hall–Kier alpha value is -3.68. The maximum Gasteiger partial charge on any atom is 0.251 e. The Bertz CT molecular complexity index is 1270. The van der Waals surface area contributed by atoms with Crippen molar-refractivity contribution in [1.29, 1.82) is 0 Å². The fourth-order valence-corrected chi connectivity index (χ4v) is 6.11. The third-order valence-corrected chi connectivity index (χ3v) is 7.88. The van der Waals surface area contributed by atoms with Gasteiger partial charge in [0.1, 0.15) is 6.33 Å². The molecule has 1 aromatic heterocycles. The van der Waals surface area contributed by atoms with Crippen LogP contribution >= 0.6 is 0 Å². The summed E-state index contributed by atoms with van der Waals surface area (Å²) in [5.74, 6) is 2.96. The molecule has 1 amide bonds. The van der Waals surface area contributed by atoms with E-state index in [1.165, 1.54) is 25.6 Å². The van der Waals surface area contributed by atoms with Crippen LogP contribution in [0.15, 0.2) is 54.9 Å². The summed E-state index contributed by atoms with van der Waals surface area (Å²) in [4.78, 5) is 13.3. The Balaban J connectivity index is 1.31. The third kappa shape index (κ3) is 3.28. The minimum Gasteiger partial charge on any atom is -0.493 e. The summed E-state index contributed by atoms with van der Waals surface area (Å²) in [5, 5.41) is 14.7. The first kappa shape index (κ1) is 20.9. The van der Waals surface area contributed by atoms with E-state index >= 15 is 0 Å². The van der Waals surface area contributed by atoms with Gasteiger partial charge in [0.05, 0.1) is 19.9 Å². The topological polar surface area (TPSA) is 91.2 Å². The highest BCUT2D eigenvalue weighted by atomic mass is 16.5. The molecule has 3 aliphatic rings. The van der Waals surface area contributed by atoms with Gasteiger partial charge in [0, 0.05) is 17.7 Å². The molecule has 1 N–H and O–H groups in total. The lowest BCUT2D eigenvalue weighted by Crippen LogP contribution is -2.31. The Morgan fingerprint density at radius 3 is 2.76 bits per heavy atom. The number of carbonyl (C=O) groups is 1. The van der Waals surface area contributed by atoms with Gasteiger partial charge in [-0.15, -0.1) is 5.10 Å². The van der Waals surface area contributed by atoms with Crippen molar-refractivity contribution < 1.29 is 14.3 Å². The van der Waals surface area contributed by atoms with E-state index in [9.17, 15) is 4.79 Å². The van der Waals surface area contributed by atoms with Crippen molar-refractivity contribution in [2.75, 3.05) is 20.8 Å². The minimum absolute atomic E-state index is 0.102. The molecule has 8 nitrogen and oxygen atoms in total. The van der Waals surface area contributed by atoms with E-state index < -0.39 is 0 Å². The number of nitrogens with one attached hydrogen (secondary N) is 1. The normalized spacial score (nSPS) is 23.3. The van der Waals surface area contributed by atoms with Crippen molar-refractivity contribution in [2.24, 2.45) is 23.2 Å². The molecule has 1 heterocycles. The number of rotatable bonds is 7. The van der Waals surface area contributed by atoms with Crippen LogP contribution < -0.4 is 14.8 Å². The average molecular weight is 458 g/mol. The van der Waals surface area contributed by atoms with Gasteiger partial charge in [-0.25, -0.2) is 4.68 Å². The summed E-state index contributed by atoms with van der Waals surface area (Å²) in [6, 6.07) is 11.3. The van der Waals surface area contributed by atoms with Gasteiger partial charge in [-0.1, -0.05) is 24.3 Å². The quantitative estimate of drug-likeness (QED) is 0.545. The molecule has 6 rings (SSSR count). The van der Waals surface area contributed by atoms with Crippen LogP contribution in [0.5, 0.6) is 11.5 Å². The number of allylic oxidation sites excluding steroid dienone is 2. The summed E-state index contributed by atoms with van der Waals surface area (Å²) in [6.07, 6.45) is 10.2. The molecule has 0 radical (unpaired) electrons. The van der Waals surface area contributed by atoms with Gasteiger partial charge in [-0.2, -0.15) is 0 Å². The van der Waals surface area contributed by atoms with Crippen LogP contribution in [0, 0.1) is 23.2 Å². The molecule has 1 spiro atoms. The molecule has 2 aromatic carbocycles. The lowest BCUT2D eigenvalue weighted by atomic mass is 9.89. The zero-order valence-electron chi connectivity index (χ0n) is 19.3. The average Bonchev–Trinajstić information content (AvgIpc) is 3.21. The van der Waals surface area contributed by atoms with Gasteiger partial charge < -0.3 is 14.8 Å². The fraction of sp³-hybridized carbons (Fsp3) is 0.385. The third-order valence-electron chi connectivity index (χ3n) is 7.88. The van der Waals surface area contributed by atoms with Gasteiger partial charge in [0.25, 0.3) is 5.91 Å². The molecule has 0 unspecified atom stereocenters. The van der Waals surface area contributed by atoms with Gasteiger partial charge in [0.15, 0.2) is 11.5 Å². The van der Waals surface area contributed by atoms with E-state index in [0.717, 1.165) is 11.1 Å². The maximum atomic E-state index is 13.3. The highest BCUT2D eigenvalue weighted by Crippen LogP contribution is 2.69. The Kier molecular flexibility index (Phi) is 4.90. The smallest absolute Gasteiger partial charge is 0.251 e. The van der Waals surface area contributed by atoms with Crippen molar-refractivity contribution >= 4 is 5.91 Å². The number of hydrogen-bond donors (Lipinski definition) is 1. The summed E-state index contributed by atoms with van der Waals surface area (Å²) in [5.41, 5.74) is 3.39. The van der Waals surface area contributed by atoms with Crippen molar-refractivity contribution in [3.63, 3.8) is 0 Å². The Morgan fingerprint density at radius 2 is 2.06 bits per heavy atom. The van der Waals surface area contributed by atoms with Crippen molar-refractivity contribution in [2.45, 2.75) is 19.3 Å². The van der Waals surface area contributed by atoms with E-state index in [2.05, 4.69) is 33.0 Å². The number of nitrogens with zero attached hydrogens (tertiary/aromatic N) is 4.